The summed E-state index contributed by atoms with van der Waals surface area (Å²) in [6, 6.07) is 0. The number of terminal acetylenes is 1. The highest BCUT2D eigenvalue weighted by Crippen LogP contribution is 2.12. The van der Waals surface area contributed by atoms with Crippen molar-refractivity contribution in [2.24, 2.45) is 5.92 Å². The van der Waals surface area contributed by atoms with Crippen LogP contribution >= 0.6 is 12.4 Å². The zero-order chi connectivity index (χ0) is 6.53. The molecule has 1 N–H and O–H groups in total. The van der Waals surface area contributed by atoms with Gasteiger partial charge in [0.05, 0.1) is 0 Å². The van der Waals surface area contributed by atoms with Gasteiger partial charge in [-0.25, -0.2) is 0 Å². The van der Waals surface area contributed by atoms with Crippen LogP contribution in [0.25, 0.3) is 0 Å². The summed E-state index contributed by atoms with van der Waals surface area (Å²) in [5, 5.41) is 3.31. The minimum absolute atomic E-state index is 0. The van der Waals surface area contributed by atoms with Crippen LogP contribution in [0, 0.1) is 18.3 Å². The molecule has 1 heterocycles. The van der Waals surface area contributed by atoms with Gasteiger partial charge >= 0.3 is 0 Å². The van der Waals surface area contributed by atoms with Crippen molar-refractivity contribution in [2.75, 3.05) is 13.1 Å². The number of hydrogen-bond donors (Lipinski definition) is 1. The van der Waals surface area contributed by atoms with Crippen molar-refractivity contribution in [1.82, 2.24) is 5.32 Å². The topological polar surface area (TPSA) is 12.0 Å². The lowest BCUT2D eigenvalue weighted by Gasteiger charge is -2.02. The van der Waals surface area contributed by atoms with E-state index in [-0.39, 0.29) is 12.4 Å². The summed E-state index contributed by atoms with van der Waals surface area (Å²) in [6.07, 6.45) is 8.62. The average Bonchev–Trinajstić information content (AvgIpc) is 2.34. The lowest BCUT2D eigenvalue weighted by atomic mass is 10.0. The van der Waals surface area contributed by atoms with Crippen molar-refractivity contribution < 1.29 is 0 Å². The molecule has 0 amide bonds. The van der Waals surface area contributed by atoms with E-state index in [1.807, 2.05) is 0 Å². The Morgan fingerprint density at radius 2 is 2.40 bits per heavy atom. The van der Waals surface area contributed by atoms with Gasteiger partial charge in [-0.15, -0.1) is 24.8 Å². The highest BCUT2D eigenvalue weighted by molar-refractivity contribution is 5.85. The molecular formula is C8H14ClN. The molecule has 0 aliphatic carbocycles. The minimum Gasteiger partial charge on any atom is -0.316 e. The van der Waals surface area contributed by atoms with Crippen LogP contribution < -0.4 is 5.32 Å². The van der Waals surface area contributed by atoms with Crippen LogP contribution in [0.3, 0.4) is 0 Å². The van der Waals surface area contributed by atoms with Crippen LogP contribution in [0.15, 0.2) is 0 Å². The fourth-order valence-corrected chi connectivity index (χ4v) is 1.25. The Hall–Kier alpha value is -0.190. The first-order valence-corrected chi connectivity index (χ1v) is 3.57. The van der Waals surface area contributed by atoms with E-state index in [1.165, 1.54) is 25.9 Å². The second kappa shape index (κ2) is 5.58. The highest BCUT2D eigenvalue weighted by atomic mass is 35.5. The van der Waals surface area contributed by atoms with E-state index >= 15 is 0 Å². The van der Waals surface area contributed by atoms with Gasteiger partial charge in [0, 0.05) is 6.42 Å². The minimum atomic E-state index is 0. The van der Waals surface area contributed by atoms with E-state index < -0.39 is 0 Å². The monoisotopic (exact) mass is 159 g/mol. The van der Waals surface area contributed by atoms with E-state index in [4.69, 9.17) is 6.42 Å². The first-order valence-electron chi connectivity index (χ1n) is 3.57. The highest BCUT2D eigenvalue weighted by Gasteiger charge is 2.12. The lowest BCUT2D eigenvalue weighted by molar-refractivity contribution is 0.543. The molecule has 1 aliphatic rings. The Morgan fingerprint density at radius 3 is 2.90 bits per heavy atom. The van der Waals surface area contributed by atoms with Crippen LogP contribution in [-0.4, -0.2) is 13.1 Å². The lowest BCUT2D eigenvalue weighted by Crippen LogP contribution is -2.08. The zero-order valence-corrected chi connectivity index (χ0v) is 6.91. The summed E-state index contributed by atoms with van der Waals surface area (Å²) in [7, 11) is 0. The summed E-state index contributed by atoms with van der Waals surface area (Å²) in [4.78, 5) is 0. The van der Waals surface area contributed by atoms with Gasteiger partial charge in [-0.2, -0.15) is 0 Å². The molecule has 1 atom stereocenters. The van der Waals surface area contributed by atoms with Crippen molar-refractivity contribution in [3.8, 4) is 12.3 Å². The number of nitrogens with one attached hydrogen (secondary N) is 1. The van der Waals surface area contributed by atoms with Gasteiger partial charge in [-0.05, 0) is 31.8 Å². The Bertz CT molecular complexity index is 111. The van der Waals surface area contributed by atoms with Crippen molar-refractivity contribution in [2.45, 2.75) is 19.3 Å². The van der Waals surface area contributed by atoms with Gasteiger partial charge in [-0.1, -0.05) is 0 Å². The predicted molar refractivity (Wildman–Crippen MR) is 46.3 cm³/mol. The Labute approximate surface area is 69.0 Å². The number of hydrogen-bond acceptors (Lipinski definition) is 1. The van der Waals surface area contributed by atoms with Crippen LogP contribution in [0.4, 0.5) is 0 Å². The largest absolute Gasteiger partial charge is 0.316 e. The van der Waals surface area contributed by atoms with Gasteiger partial charge in [-0.3, -0.25) is 0 Å². The van der Waals surface area contributed by atoms with Gasteiger partial charge in [0.25, 0.3) is 0 Å². The summed E-state index contributed by atoms with van der Waals surface area (Å²) in [6.45, 7) is 2.37. The van der Waals surface area contributed by atoms with Crippen LogP contribution in [0.1, 0.15) is 19.3 Å². The van der Waals surface area contributed by atoms with Gasteiger partial charge in [0.1, 0.15) is 0 Å². The third-order valence-corrected chi connectivity index (χ3v) is 1.86. The standard InChI is InChI=1S/C8H13N.ClH/c1-2-3-4-8-5-6-9-7-8;/h1,8-9H,3-7H2;1H. The smallest absolute Gasteiger partial charge is 0.00891 e. The number of rotatable bonds is 2. The summed E-state index contributed by atoms with van der Waals surface area (Å²) < 4.78 is 0. The molecule has 1 aliphatic heterocycles. The fourth-order valence-electron chi connectivity index (χ4n) is 1.25. The predicted octanol–water partition coefficient (Wildman–Crippen LogP) is 1.43. The summed E-state index contributed by atoms with van der Waals surface area (Å²) in [5.74, 6) is 3.53. The fraction of sp³-hybridized carbons (Fsp3) is 0.750. The third kappa shape index (κ3) is 3.10. The van der Waals surface area contributed by atoms with Crippen LogP contribution in [0.2, 0.25) is 0 Å². The number of halogens is 1. The second-order valence-corrected chi connectivity index (χ2v) is 2.60. The molecule has 1 rings (SSSR count). The first-order chi connectivity index (χ1) is 4.43. The molecule has 1 nitrogen and oxygen atoms in total. The normalized spacial score (nSPS) is 23.3. The maximum atomic E-state index is 5.14. The molecule has 0 spiro atoms. The van der Waals surface area contributed by atoms with E-state index in [2.05, 4.69) is 11.2 Å². The Morgan fingerprint density at radius 1 is 1.60 bits per heavy atom. The van der Waals surface area contributed by atoms with Gasteiger partial charge in [0.2, 0.25) is 0 Å². The van der Waals surface area contributed by atoms with Crippen molar-refractivity contribution in [3.05, 3.63) is 0 Å². The molecule has 1 saturated heterocycles. The molecule has 0 aromatic heterocycles. The molecule has 0 saturated carbocycles. The Balaban J connectivity index is 0.000000810. The zero-order valence-electron chi connectivity index (χ0n) is 6.10. The maximum absolute atomic E-state index is 5.14. The molecule has 1 fully saturated rings. The molecule has 0 bridgehead atoms. The Kier molecular flexibility index (Phi) is 5.48. The SMILES string of the molecule is C#CCCC1CCNC1.Cl. The van der Waals surface area contributed by atoms with E-state index in [0.717, 1.165) is 12.3 Å². The van der Waals surface area contributed by atoms with Gasteiger partial charge in [0.15, 0.2) is 0 Å². The van der Waals surface area contributed by atoms with E-state index in [9.17, 15) is 0 Å². The molecule has 0 aromatic carbocycles. The molecule has 0 aromatic rings. The van der Waals surface area contributed by atoms with E-state index in [0.29, 0.717) is 0 Å². The molecule has 10 heavy (non-hydrogen) atoms. The van der Waals surface area contributed by atoms with E-state index in [1.54, 1.807) is 0 Å². The second-order valence-electron chi connectivity index (χ2n) is 2.60. The molecular weight excluding hydrogens is 146 g/mol. The molecule has 0 radical (unpaired) electrons. The van der Waals surface area contributed by atoms with Gasteiger partial charge < -0.3 is 5.32 Å². The van der Waals surface area contributed by atoms with Crippen molar-refractivity contribution >= 4 is 12.4 Å². The summed E-state index contributed by atoms with van der Waals surface area (Å²) >= 11 is 0. The third-order valence-electron chi connectivity index (χ3n) is 1.86. The average molecular weight is 160 g/mol. The molecule has 2 heteroatoms. The maximum Gasteiger partial charge on any atom is 0.00891 e. The molecule has 58 valence electrons. The summed E-state index contributed by atoms with van der Waals surface area (Å²) in [5.41, 5.74) is 0. The van der Waals surface area contributed by atoms with Crippen molar-refractivity contribution in [3.63, 3.8) is 0 Å². The molecule has 1 unspecified atom stereocenters. The quantitative estimate of drug-likeness (QED) is 0.602. The first kappa shape index (κ1) is 9.81. The van der Waals surface area contributed by atoms with Crippen molar-refractivity contribution in [1.29, 1.82) is 0 Å². The van der Waals surface area contributed by atoms with Crippen LogP contribution in [-0.2, 0) is 0 Å². The van der Waals surface area contributed by atoms with Crippen LogP contribution in [0.5, 0.6) is 0 Å².